The van der Waals surface area contributed by atoms with Gasteiger partial charge in [0.25, 0.3) is 0 Å². The lowest BCUT2D eigenvalue weighted by atomic mass is 10.3. The zero-order valence-corrected chi connectivity index (χ0v) is 13.0. The summed E-state index contributed by atoms with van der Waals surface area (Å²) in [4.78, 5) is 8.42. The first-order chi connectivity index (χ1) is 9.27. The van der Waals surface area contributed by atoms with Crippen molar-refractivity contribution in [1.82, 2.24) is 9.97 Å². The van der Waals surface area contributed by atoms with E-state index in [4.69, 9.17) is 9.47 Å². The average Bonchev–Trinajstić information content (AvgIpc) is 2.43. The van der Waals surface area contributed by atoms with Crippen LogP contribution in [0.1, 0.15) is 12.8 Å². The summed E-state index contributed by atoms with van der Waals surface area (Å²) in [6.45, 7) is 2.93. The third kappa shape index (κ3) is 6.70. The molecular weight excluding hydrogens is 312 g/mol. The minimum absolute atomic E-state index is 0.605. The molecule has 0 aromatic carbocycles. The van der Waals surface area contributed by atoms with Gasteiger partial charge in [0, 0.05) is 33.5 Å². The summed E-state index contributed by atoms with van der Waals surface area (Å²) in [7, 11) is 3.47. The SMILES string of the molecule is CNc1ncc(Br)c(NCCCCOCCOC)n1. The number of unbranched alkanes of at least 4 members (excludes halogenated alkanes) is 1. The normalized spacial score (nSPS) is 10.5. The van der Waals surface area contributed by atoms with Gasteiger partial charge in [-0.1, -0.05) is 0 Å². The van der Waals surface area contributed by atoms with Crippen LogP contribution in [0, 0.1) is 0 Å². The van der Waals surface area contributed by atoms with Crippen molar-refractivity contribution in [2.24, 2.45) is 0 Å². The molecule has 19 heavy (non-hydrogen) atoms. The van der Waals surface area contributed by atoms with E-state index >= 15 is 0 Å². The molecule has 1 rings (SSSR count). The van der Waals surface area contributed by atoms with Crippen LogP contribution in [-0.2, 0) is 9.47 Å². The molecule has 1 aromatic heterocycles. The summed E-state index contributed by atoms with van der Waals surface area (Å²) in [5.74, 6) is 1.41. The molecule has 0 spiro atoms. The highest BCUT2D eigenvalue weighted by Crippen LogP contribution is 2.19. The van der Waals surface area contributed by atoms with E-state index in [0.29, 0.717) is 19.2 Å². The van der Waals surface area contributed by atoms with Crippen molar-refractivity contribution in [1.29, 1.82) is 0 Å². The summed E-state index contributed by atoms with van der Waals surface area (Å²) in [6, 6.07) is 0. The number of halogens is 1. The van der Waals surface area contributed by atoms with Gasteiger partial charge in [0.05, 0.1) is 17.7 Å². The molecule has 0 aliphatic rings. The Kier molecular flexibility index (Phi) is 8.44. The van der Waals surface area contributed by atoms with Gasteiger partial charge in [-0.25, -0.2) is 4.98 Å². The zero-order valence-electron chi connectivity index (χ0n) is 11.4. The van der Waals surface area contributed by atoms with E-state index in [1.807, 2.05) is 0 Å². The summed E-state index contributed by atoms with van der Waals surface area (Å²) in [6.07, 6.45) is 3.77. The standard InChI is InChI=1S/C12H21BrN4O2/c1-14-12-16-9-10(13)11(17-12)15-5-3-4-6-19-8-7-18-2/h9H,3-8H2,1-2H3,(H2,14,15,16,17). The number of nitrogens with one attached hydrogen (secondary N) is 2. The van der Waals surface area contributed by atoms with Crippen molar-refractivity contribution < 1.29 is 9.47 Å². The lowest BCUT2D eigenvalue weighted by molar-refractivity contribution is 0.0691. The topological polar surface area (TPSA) is 68.3 Å². The molecule has 0 saturated heterocycles. The van der Waals surface area contributed by atoms with Gasteiger partial charge < -0.3 is 20.1 Å². The number of aromatic nitrogens is 2. The minimum Gasteiger partial charge on any atom is -0.382 e. The molecule has 0 saturated carbocycles. The fourth-order valence-electron chi connectivity index (χ4n) is 1.39. The van der Waals surface area contributed by atoms with E-state index < -0.39 is 0 Å². The highest BCUT2D eigenvalue weighted by atomic mass is 79.9. The number of nitrogens with zero attached hydrogens (tertiary/aromatic N) is 2. The van der Waals surface area contributed by atoms with Crippen LogP contribution < -0.4 is 10.6 Å². The van der Waals surface area contributed by atoms with Crippen molar-refractivity contribution in [3.05, 3.63) is 10.7 Å². The van der Waals surface area contributed by atoms with Crippen molar-refractivity contribution in [3.8, 4) is 0 Å². The molecule has 7 heteroatoms. The fourth-order valence-corrected chi connectivity index (χ4v) is 1.72. The highest BCUT2D eigenvalue weighted by Gasteiger charge is 2.03. The summed E-state index contributed by atoms with van der Waals surface area (Å²) in [5, 5.41) is 6.18. The molecular formula is C12H21BrN4O2. The van der Waals surface area contributed by atoms with E-state index in [1.165, 1.54) is 0 Å². The molecule has 0 bridgehead atoms. The third-order valence-electron chi connectivity index (χ3n) is 2.41. The van der Waals surface area contributed by atoms with Crippen LogP contribution in [-0.4, -0.2) is 50.5 Å². The van der Waals surface area contributed by atoms with Gasteiger partial charge in [-0.3, -0.25) is 0 Å². The highest BCUT2D eigenvalue weighted by molar-refractivity contribution is 9.10. The molecule has 0 fully saturated rings. The predicted molar refractivity (Wildman–Crippen MR) is 79.7 cm³/mol. The lowest BCUT2D eigenvalue weighted by Gasteiger charge is -2.09. The molecule has 0 atom stereocenters. The Bertz CT molecular complexity index is 366. The third-order valence-corrected chi connectivity index (χ3v) is 2.99. The first-order valence-corrected chi connectivity index (χ1v) is 7.08. The Morgan fingerprint density at radius 3 is 2.84 bits per heavy atom. The summed E-state index contributed by atoms with van der Waals surface area (Å²) >= 11 is 3.42. The lowest BCUT2D eigenvalue weighted by Crippen LogP contribution is -2.08. The van der Waals surface area contributed by atoms with E-state index in [-0.39, 0.29) is 0 Å². The zero-order chi connectivity index (χ0) is 13.9. The largest absolute Gasteiger partial charge is 0.382 e. The average molecular weight is 333 g/mol. The van der Waals surface area contributed by atoms with E-state index in [1.54, 1.807) is 20.4 Å². The molecule has 2 N–H and O–H groups in total. The first-order valence-electron chi connectivity index (χ1n) is 6.28. The predicted octanol–water partition coefficient (Wildman–Crippen LogP) is 2.14. The van der Waals surface area contributed by atoms with Crippen LogP contribution in [0.5, 0.6) is 0 Å². The summed E-state index contributed by atoms with van der Waals surface area (Å²) in [5.41, 5.74) is 0. The quantitative estimate of drug-likeness (QED) is 0.640. The maximum absolute atomic E-state index is 5.39. The van der Waals surface area contributed by atoms with Crippen LogP contribution in [0.25, 0.3) is 0 Å². The smallest absolute Gasteiger partial charge is 0.224 e. The molecule has 0 unspecified atom stereocenters. The molecule has 0 amide bonds. The molecule has 1 heterocycles. The van der Waals surface area contributed by atoms with Gasteiger partial charge in [-0.2, -0.15) is 4.98 Å². The Labute approximate surface area is 122 Å². The fraction of sp³-hybridized carbons (Fsp3) is 0.667. The van der Waals surface area contributed by atoms with E-state index in [0.717, 1.165) is 36.3 Å². The van der Waals surface area contributed by atoms with Crippen LogP contribution in [0.4, 0.5) is 11.8 Å². The van der Waals surface area contributed by atoms with Gasteiger partial charge in [0.2, 0.25) is 5.95 Å². The van der Waals surface area contributed by atoms with Gasteiger partial charge in [0.15, 0.2) is 0 Å². The van der Waals surface area contributed by atoms with Crippen molar-refractivity contribution in [3.63, 3.8) is 0 Å². The van der Waals surface area contributed by atoms with E-state index in [2.05, 4.69) is 36.5 Å². The Balaban J connectivity index is 2.15. The monoisotopic (exact) mass is 332 g/mol. The Hall–Kier alpha value is -0.920. The van der Waals surface area contributed by atoms with Crippen LogP contribution >= 0.6 is 15.9 Å². The van der Waals surface area contributed by atoms with Crippen LogP contribution in [0.2, 0.25) is 0 Å². The molecule has 0 radical (unpaired) electrons. The second kappa shape index (κ2) is 9.94. The second-order valence-corrected chi connectivity index (χ2v) is 4.73. The molecule has 0 aliphatic carbocycles. The number of rotatable bonds is 10. The van der Waals surface area contributed by atoms with Crippen molar-refractivity contribution >= 4 is 27.7 Å². The van der Waals surface area contributed by atoms with Crippen LogP contribution in [0.15, 0.2) is 10.7 Å². The number of ether oxygens (including phenoxy) is 2. The van der Waals surface area contributed by atoms with Crippen molar-refractivity contribution in [2.75, 3.05) is 51.2 Å². The number of hydrogen-bond acceptors (Lipinski definition) is 6. The van der Waals surface area contributed by atoms with Gasteiger partial charge in [-0.05, 0) is 28.8 Å². The Morgan fingerprint density at radius 1 is 1.26 bits per heavy atom. The van der Waals surface area contributed by atoms with Gasteiger partial charge in [-0.15, -0.1) is 0 Å². The second-order valence-electron chi connectivity index (χ2n) is 3.88. The molecule has 1 aromatic rings. The minimum atomic E-state index is 0.605. The molecule has 108 valence electrons. The van der Waals surface area contributed by atoms with E-state index in [9.17, 15) is 0 Å². The van der Waals surface area contributed by atoms with Crippen LogP contribution in [0.3, 0.4) is 0 Å². The van der Waals surface area contributed by atoms with Gasteiger partial charge >= 0.3 is 0 Å². The maximum Gasteiger partial charge on any atom is 0.224 e. The number of anilines is 2. The molecule has 0 aliphatic heterocycles. The maximum atomic E-state index is 5.39. The number of hydrogen-bond donors (Lipinski definition) is 2. The number of methoxy groups -OCH3 is 1. The van der Waals surface area contributed by atoms with Crippen molar-refractivity contribution in [2.45, 2.75) is 12.8 Å². The Morgan fingerprint density at radius 2 is 2.11 bits per heavy atom. The molecule has 6 nitrogen and oxygen atoms in total. The van der Waals surface area contributed by atoms with Gasteiger partial charge in [0.1, 0.15) is 5.82 Å². The summed E-state index contributed by atoms with van der Waals surface area (Å²) < 4.78 is 11.2. The first kappa shape index (κ1) is 16.1.